The Bertz CT molecular complexity index is 1490. The van der Waals surface area contributed by atoms with E-state index < -0.39 is 17.4 Å². The van der Waals surface area contributed by atoms with Crippen LogP contribution in [0.4, 0.5) is 19.0 Å². The fourth-order valence-corrected chi connectivity index (χ4v) is 4.75. The molecule has 4 heterocycles. The highest BCUT2D eigenvalue weighted by Gasteiger charge is 2.37. The zero-order valence-corrected chi connectivity index (χ0v) is 21.2. The Balaban J connectivity index is 1.41. The van der Waals surface area contributed by atoms with Crippen LogP contribution in [0.3, 0.4) is 0 Å². The Hall–Kier alpha value is -4.14. The maximum atomic E-state index is 13.3. The van der Waals surface area contributed by atoms with Crippen molar-refractivity contribution in [3.8, 4) is 23.1 Å². The molecule has 12 heteroatoms. The van der Waals surface area contributed by atoms with Crippen LogP contribution in [0.5, 0.6) is 5.75 Å². The number of anilines is 1. The average molecular weight is 525 g/mol. The van der Waals surface area contributed by atoms with Crippen LogP contribution in [-0.2, 0) is 11.7 Å². The lowest BCUT2D eigenvalue weighted by molar-refractivity contribution is -0.143. The van der Waals surface area contributed by atoms with Crippen LogP contribution < -0.4 is 10.1 Å². The smallest absolute Gasteiger partial charge is 0.437 e. The summed E-state index contributed by atoms with van der Waals surface area (Å²) in [6, 6.07) is 6.96. The summed E-state index contributed by atoms with van der Waals surface area (Å²) in [6.45, 7) is 3.57. The molecule has 0 saturated heterocycles. The van der Waals surface area contributed by atoms with E-state index in [0.717, 1.165) is 22.7 Å². The number of hydrogen-bond acceptors (Lipinski definition) is 7. The summed E-state index contributed by atoms with van der Waals surface area (Å²) in [5.74, 6) is 0.456. The molecule has 1 fully saturated rings. The molecule has 0 radical (unpaired) electrons. The minimum atomic E-state index is -4.58. The summed E-state index contributed by atoms with van der Waals surface area (Å²) >= 11 is 0. The van der Waals surface area contributed by atoms with Crippen LogP contribution in [0.1, 0.15) is 51.3 Å². The Morgan fingerprint density at radius 3 is 2.58 bits per heavy atom. The van der Waals surface area contributed by atoms with E-state index in [9.17, 15) is 18.4 Å². The molecule has 0 aliphatic heterocycles. The lowest BCUT2D eigenvalue weighted by atomic mass is 9.93. The molecular weight excluding hydrogens is 497 g/mol. The van der Waals surface area contributed by atoms with Gasteiger partial charge in [-0.15, -0.1) is 0 Å². The first-order valence-electron chi connectivity index (χ1n) is 12.3. The largest absolute Gasteiger partial charge is 0.488 e. The van der Waals surface area contributed by atoms with Crippen molar-refractivity contribution in [1.29, 1.82) is 5.26 Å². The summed E-state index contributed by atoms with van der Waals surface area (Å²) in [7, 11) is 1.79. The summed E-state index contributed by atoms with van der Waals surface area (Å²) in [4.78, 5) is 7.95. The van der Waals surface area contributed by atoms with Gasteiger partial charge in [0.25, 0.3) is 0 Å². The number of hydrogen-bond donors (Lipinski definition) is 1. The van der Waals surface area contributed by atoms with Crippen LogP contribution in [0.15, 0.2) is 43.0 Å². The molecule has 1 aliphatic rings. The molecule has 0 bridgehead atoms. The lowest BCUT2D eigenvalue weighted by Gasteiger charge is -2.30. The molecule has 1 saturated carbocycles. The Morgan fingerprint density at radius 1 is 1.13 bits per heavy atom. The van der Waals surface area contributed by atoms with Crippen molar-refractivity contribution >= 4 is 16.7 Å². The number of aromatic nitrogens is 6. The third-order valence-corrected chi connectivity index (χ3v) is 6.87. The third-order valence-electron chi connectivity index (χ3n) is 6.87. The predicted molar refractivity (Wildman–Crippen MR) is 134 cm³/mol. The summed E-state index contributed by atoms with van der Waals surface area (Å²) in [6.07, 6.45) is 3.96. The van der Waals surface area contributed by atoms with Gasteiger partial charge in [0.2, 0.25) is 0 Å². The maximum absolute atomic E-state index is 13.3. The first-order chi connectivity index (χ1) is 18.1. The highest BCUT2D eigenvalue weighted by atomic mass is 19.4. The number of nitrogens with zero attached hydrogens (tertiary/aromatic N) is 7. The van der Waals surface area contributed by atoms with E-state index >= 15 is 0 Å². The number of pyridine rings is 2. The fraction of sp³-hybridized carbons (Fsp3) is 0.423. The van der Waals surface area contributed by atoms with E-state index in [1.54, 1.807) is 44.2 Å². The third kappa shape index (κ3) is 4.76. The lowest BCUT2D eigenvalue weighted by Crippen LogP contribution is -2.27. The molecule has 0 amide bonds. The molecule has 4 aromatic rings. The van der Waals surface area contributed by atoms with Crippen molar-refractivity contribution in [2.24, 2.45) is 0 Å². The standard InChI is InChI=1S/C26H27F3N8O/c1-25(2,15-30)36-14-16(12-34-36)23-19-13-33-22(31-3)11-20(19)37(35-23)17-6-8-18(9-7-17)38-21-5-4-10-32-24(21)26(27,28)29/h4-5,10-14,17-18H,6-9H2,1-3H3,(H,31,33)/t17-,18+. The maximum Gasteiger partial charge on any atom is 0.437 e. The van der Waals surface area contributed by atoms with Crippen molar-refractivity contribution in [3.05, 3.63) is 48.7 Å². The van der Waals surface area contributed by atoms with Crippen molar-refractivity contribution in [2.45, 2.75) is 63.4 Å². The van der Waals surface area contributed by atoms with Crippen LogP contribution in [0, 0.1) is 11.3 Å². The molecule has 1 N–H and O–H groups in total. The number of ether oxygens (including phenoxy) is 1. The van der Waals surface area contributed by atoms with Crippen LogP contribution in [0.2, 0.25) is 0 Å². The Morgan fingerprint density at radius 2 is 1.89 bits per heavy atom. The van der Waals surface area contributed by atoms with E-state index in [1.807, 2.05) is 10.7 Å². The van der Waals surface area contributed by atoms with Crippen LogP contribution >= 0.6 is 0 Å². The van der Waals surface area contributed by atoms with Crippen molar-refractivity contribution < 1.29 is 17.9 Å². The Kier molecular flexibility index (Phi) is 6.46. The fourth-order valence-electron chi connectivity index (χ4n) is 4.75. The minimum Gasteiger partial charge on any atom is -0.488 e. The van der Waals surface area contributed by atoms with Crippen molar-refractivity contribution in [1.82, 2.24) is 29.5 Å². The van der Waals surface area contributed by atoms with E-state index in [0.29, 0.717) is 37.2 Å². The highest BCUT2D eigenvalue weighted by molar-refractivity contribution is 5.93. The van der Waals surface area contributed by atoms with E-state index in [4.69, 9.17) is 9.84 Å². The highest BCUT2D eigenvalue weighted by Crippen LogP contribution is 2.39. The van der Waals surface area contributed by atoms with E-state index in [-0.39, 0.29) is 17.9 Å². The topological polar surface area (TPSA) is 106 Å². The molecule has 5 rings (SSSR count). The van der Waals surface area contributed by atoms with Gasteiger partial charge in [-0.05, 0) is 51.7 Å². The monoisotopic (exact) mass is 524 g/mol. The Labute approximate surface area is 217 Å². The van der Waals surface area contributed by atoms with E-state index in [2.05, 4.69) is 26.5 Å². The summed E-state index contributed by atoms with van der Waals surface area (Å²) < 4.78 is 49.4. The van der Waals surface area contributed by atoms with Gasteiger partial charge in [-0.2, -0.15) is 28.6 Å². The SMILES string of the molecule is CNc1cc2c(cn1)c(-c1cnn(C(C)(C)C#N)c1)nn2[C@H]1CC[C@@H](Oc2cccnc2C(F)(F)F)CC1. The van der Waals surface area contributed by atoms with Crippen molar-refractivity contribution in [3.63, 3.8) is 0 Å². The number of nitrogens with one attached hydrogen (secondary N) is 1. The molecule has 0 unspecified atom stereocenters. The van der Waals surface area contributed by atoms with Crippen LogP contribution in [-0.4, -0.2) is 42.7 Å². The first kappa shape index (κ1) is 25.5. The second kappa shape index (κ2) is 9.63. The molecule has 1 aliphatic carbocycles. The second-order valence-corrected chi connectivity index (χ2v) is 9.87. The quantitative estimate of drug-likeness (QED) is 0.351. The predicted octanol–water partition coefficient (Wildman–Crippen LogP) is 5.57. The normalized spacial score (nSPS) is 18.3. The molecule has 4 aromatic heterocycles. The zero-order valence-electron chi connectivity index (χ0n) is 21.2. The summed E-state index contributed by atoms with van der Waals surface area (Å²) in [5, 5.41) is 22.7. The second-order valence-electron chi connectivity index (χ2n) is 9.87. The van der Waals surface area contributed by atoms with Crippen LogP contribution in [0.25, 0.3) is 22.2 Å². The molecule has 0 spiro atoms. The molecular formula is C26H27F3N8O. The van der Waals surface area contributed by atoms with Gasteiger partial charge in [-0.3, -0.25) is 9.36 Å². The van der Waals surface area contributed by atoms with Gasteiger partial charge in [-0.1, -0.05) is 0 Å². The number of nitriles is 1. The van der Waals surface area contributed by atoms with Gasteiger partial charge >= 0.3 is 6.18 Å². The number of alkyl halides is 3. The number of fused-ring (bicyclic) bond motifs is 1. The van der Waals surface area contributed by atoms with Gasteiger partial charge in [0.1, 0.15) is 17.1 Å². The van der Waals surface area contributed by atoms with Gasteiger partial charge < -0.3 is 10.1 Å². The average Bonchev–Trinajstić information content (AvgIpc) is 3.54. The molecule has 0 aromatic carbocycles. The van der Waals surface area contributed by atoms with Gasteiger partial charge in [-0.25, -0.2) is 9.97 Å². The molecule has 198 valence electrons. The number of halogens is 3. The zero-order chi connectivity index (χ0) is 27.1. The first-order valence-corrected chi connectivity index (χ1v) is 12.3. The van der Waals surface area contributed by atoms with Crippen molar-refractivity contribution in [2.75, 3.05) is 12.4 Å². The molecule has 9 nitrogen and oxygen atoms in total. The summed E-state index contributed by atoms with van der Waals surface area (Å²) in [5.41, 5.74) is 0.551. The van der Waals surface area contributed by atoms with E-state index in [1.165, 1.54) is 12.1 Å². The van der Waals surface area contributed by atoms with Gasteiger partial charge in [0.05, 0.1) is 29.9 Å². The minimum absolute atomic E-state index is 0.0276. The number of rotatable bonds is 6. The van der Waals surface area contributed by atoms with Gasteiger partial charge in [0.15, 0.2) is 11.4 Å². The van der Waals surface area contributed by atoms with Gasteiger partial charge in [0, 0.05) is 42.7 Å². The molecule has 0 atom stereocenters. The molecule has 38 heavy (non-hydrogen) atoms.